The van der Waals surface area contributed by atoms with Crippen LogP contribution in [-0.4, -0.2) is 27.9 Å². The fourth-order valence-corrected chi connectivity index (χ4v) is 2.01. The van der Waals surface area contributed by atoms with Gasteiger partial charge in [-0.05, 0) is 43.7 Å². The van der Waals surface area contributed by atoms with Crippen LogP contribution in [0.3, 0.4) is 0 Å². The van der Waals surface area contributed by atoms with Crippen molar-refractivity contribution in [2.45, 2.75) is 32.2 Å². The topological polar surface area (TPSA) is 76.0 Å². The van der Waals surface area contributed by atoms with Crippen molar-refractivity contribution in [3.8, 4) is 11.5 Å². The fraction of sp³-hybridized carbons (Fsp3) is 0.278. The summed E-state index contributed by atoms with van der Waals surface area (Å²) in [5, 5.41) is 18.8. The number of phenols is 1. The zero-order valence-corrected chi connectivity index (χ0v) is 13.1. The molecule has 0 radical (unpaired) electrons. The lowest BCUT2D eigenvalue weighted by Gasteiger charge is -2.32. The Balaban J connectivity index is 2.08. The van der Waals surface area contributed by atoms with Crippen molar-refractivity contribution < 1.29 is 24.5 Å². The summed E-state index contributed by atoms with van der Waals surface area (Å²) in [5.41, 5.74) is -0.595. The van der Waals surface area contributed by atoms with E-state index in [1.54, 1.807) is 6.92 Å². The molecular formula is C18H20O5. The van der Waals surface area contributed by atoms with E-state index in [1.165, 1.54) is 31.2 Å². The second kappa shape index (κ2) is 7.15. The van der Waals surface area contributed by atoms with Crippen molar-refractivity contribution in [3.63, 3.8) is 0 Å². The molecular weight excluding hydrogens is 296 g/mol. The molecule has 0 heterocycles. The average molecular weight is 316 g/mol. The van der Waals surface area contributed by atoms with Crippen molar-refractivity contribution in [2.24, 2.45) is 0 Å². The average Bonchev–Trinajstić information content (AvgIpc) is 2.55. The Morgan fingerprint density at radius 2 is 1.74 bits per heavy atom. The number of ether oxygens (including phenoxy) is 2. The Morgan fingerprint density at radius 1 is 1.13 bits per heavy atom. The van der Waals surface area contributed by atoms with Crippen molar-refractivity contribution in [2.75, 3.05) is 0 Å². The molecule has 0 aromatic heterocycles. The summed E-state index contributed by atoms with van der Waals surface area (Å²) in [6.07, 6.45) is -0.686. The zero-order valence-electron chi connectivity index (χ0n) is 13.1. The highest BCUT2D eigenvalue weighted by atomic mass is 16.6. The number of rotatable bonds is 7. The van der Waals surface area contributed by atoms with E-state index in [4.69, 9.17) is 9.47 Å². The van der Waals surface area contributed by atoms with Crippen LogP contribution in [0.1, 0.15) is 19.4 Å². The van der Waals surface area contributed by atoms with Crippen LogP contribution in [0, 0.1) is 0 Å². The molecule has 2 atom stereocenters. The van der Waals surface area contributed by atoms with Crippen molar-refractivity contribution in [3.05, 3.63) is 60.2 Å². The number of hydrogen-bond donors (Lipinski definition) is 2. The van der Waals surface area contributed by atoms with Crippen LogP contribution >= 0.6 is 0 Å². The third kappa shape index (κ3) is 4.23. The van der Waals surface area contributed by atoms with Crippen LogP contribution in [0.4, 0.5) is 0 Å². The summed E-state index contributed by atoms with van der Waals surface area (Å²) in [6.45, 7) is 3.43. The number of carbonyl (C=O) groups is 1. The summed E-state index contributed by atoms with van der Waals surface area (Å²) >= 11 is 0. The molecule has 0 aliphatic heterocycles. The van der Waals surface area contributed by atoms with E-state index in [1.807, 2.05) is 30.3 Å². The molecule has 2 N–H and O–H groups in total. The van der Waals surface area contributed by atoms with Crippen molar-refractivity contribution >= 4 is 5.97 Å². The Hall–Kier alpha value is -2.53. The van der Waals surface area contributed by atoms with Gasteiger partial charge in [0.2, 0.25) is 5.60 Å². The summed E-state index contributed by atoms with van der Waals surface area (Å²) in [6, 6.07) is 15.4. The maximum Gasteiger partial charge on any atom is 0.350 e. The van der Waals surface area contributed by atoms with Gasteiger partial charge in [0.25, 0.3) is 0 Å². The molecule has 0 fully saturated rings. The Kier molecular flexibility index (Phi) is 5.24. The van der Waals surface area contributed by atoms with Gasteiger partial charge in [-0.15, -0.1) is 0 Å². The molecule has 0 spiro atoms. The maximum atomic E-state index is 11.7. The smallest absolute Gasteiger partial charge is 0.350 e. The van der Waals surface area contributed by atoms with Gasteiger partial charge in [0, 0.05) is 0 Å². The van der Waals surface area contributed by atoms with Crippen LogP contribution in [0.5, 0.6) is 11.5 Å². The van der Waals surface area contributed by atoms with E-state index in [0.717, 1.165) is 5.56 Å². The molecule has 23 heavy (non-hydrogen) atoms. The Morgan fingerprint density at radius 3 is 2.30 bits per heavy atom. The normalized spacial score (nSPS) is 14.7. The molecule has 2 aromatic rings. The van der Waals surface area contributed by atoms with E-state index in [2.05, 4.69) is 0 Å². The molecule has 2 rings (SSSR count). The largest absolute Gasteiger partial charge is 0.508 e. The van der Waals surface area contributed by atoms with Gasteiger partial charge >= 0.3 is 5.97 Å². The van der Waals surface area contributed by atoms with Gasteiger partial charge in [0.05, 0.1) is 6.61 Å². The molecule has 0 aliphatic carbocycles. The van der Waals surface area contributed by atoms with Gasteiger partial charge in [-0.1, -0.05) is 30.3 Å². The number of carboxylic acids is 1. The van der Waals surface area contributed by atoms with Crippen LogP contribution in [0.25, 0.3) is 0 Å². The molecule has 0 amide bonds. The van der Waals surface area contributed by atoms with E-state index in [9.17, 15) is 15.0 Å². The highest BCUT2D eigenvalue weighted by molar-refractivity contribution is 5.78. The molecule has 0 aliphatic rings. The lowest BCUT2D eigenvalue weighted by molar-refractivity contribution is -0.168. The Labute approximate surface area is 135 Å². The lowest BCUT2D eigenvalue weighted by atomic mass is 10.00. The second-order valence-electron chi connectivity index (χ2n) is 5.45. The maximum absolute atomic E-state index is 11.7. The van der Waals surface area contributed by atoms with Gasteiger partial charge in [0.1, 0.15) is 17.6 Å². The highest BCUT2D eigenvalue weighted by Crippen LogP contribution is 2.26. The molecule has 0 saturated heterocycles. The van der Waals surface area contributed by atoms with Crippen LogP contribution in [-0.2, 0) is 16.1 Å². The zero-order chi connectivity index (χ0) is 16.9. The fourth-order valence-electron chi connectivity index (χ4n) is 2.01. The first-order valence-electron chi connectivity index (χ1n) is 7.29. The summed E-state index contributed by atoms with van der Waals surface area (Å²) < 4.78 is 11.3. The van der Waals surface area contributed by atoms with E-state index >= 15 is 0 Å². The third-order valence-electron chi connectivity index (χ3n) is 3.71. The Bertz CT molecular complexity index is 638. The first-order chi connectivity index (χ1) is 10.9. The van der Waals surface area contributed by atoms with Crippen molar-refractivity contribution in [1.82, 2.24) is 0 Å². The monoisotopic (exact) mass is 316 g/mol. The summed E-state index contributed by atoms with van der Waals surface area (Å²) in [4.78, 5) is 11.7. The van der Waals surface area contributed by atoms with Gasteiger partial charge in [-0.2, -0.15) is 0 Å². The number of aromatic hydroxyl groups is 1. The molecule has 5 heteroatoms. The predicted molar refractivity (Wildman–Crippen MR) is 85.5 cm³/mol. The van der Waals surface area contributed by atoms with Gasteiger partial charge in [-0.25, -0.2) is 4.79 Å². The number of phenolic OH excluding ortho intramolecular Hbond substituents is 1. The second-order valence-corrected chi connectivity index (χ2v) is 5.45. The summed E-state index contributed by atoms with van der Waals surface area (Å²) in [7, 11) is 0. The van der Waals surface area contributed by atoms with E-state index in [0.29, 0.717) is 12.4 Å². The quantitative estimate of drug-likeness (QED) is 0.820. The summed E-state index contributed by atoms with van der Waals surface area (Å²) in [5.74, 6) is -0.684. The minimum absolute atomic E-state index is 0.0859. The van der Waals surface area contributed by atoms with Gasteiger partial charge < -0.3 is 19.7 Å². The predicted octanol–water partition coefficient (Wildman–Crippen LogP) is 3.22. The number of hydrogen-bond acceptors (Lipinski definition) is 4. The SMILES string of the molecule is CC(OCc1ccccc1)C(C)(Oc1ccc(O)cc1)C(=O)O. The van der Waals surface area contributed by atoms with Crippen LogP contribution in [0.15, 0.2) is 54.6 Å². The highest BCUT2D eigenvalue weighted by Gasteiger charge is 2.42. The molecule has 122 valence electrons. The number of benzene rings is 2. The minimum Gasteiger partial charge on any atom is -0.508 e. The molecule has 2 aromatic carbocycles. The number of carboxylic acid groups (broad SMARTS) is 1. The first-order valence-corrected chi connectivity index (χ1v) is 7.29. The first kappa shape index (κ1) is 16.8. The van der Waals surface area contributed by atoms with Gasteiger partial charge in [0.15, 0.2) is 0 Å². The molecule has 0 bridgehead atoms. The van der Waals surface area contributed by atoms with E-state index in [-0.39, 0.29) is 5.75 Å². The lowest BCUT2D eigenvalue weighted by Crippen LogP contribution is -2.51. The van der Waals surface area contributed by atoms with E-state index < -0.39 is 17.7 Å². The minimum atomic E-state index is -1.55. The van der Waals surface area contributed by atoms with Crippen molar-refractivity contribution in [1.29, 1.82) is 0 Å². The third-order valence-corrected chi connectivity index (χ3v) is 3.71. The van der Waals surface area contributed by atoms with Gasteiger partial charge in [-0.3, -0.25) is 0 Å². The van der Waals surface area contributed by atoms with Crippen LogP contribution < -0.4 is 4.74 Å². The molecule has 0 saturated carbocycles. The molecule has 2 unspecified atom stereocenters. The standard InChI is InChI=1S/C18H20O5/c1-13(22-12-14-6-4-3-5-7-14)18(2,17(20)21)23-16-10-8-15(19)9-11-16/h3-11,13,19H,12H2,1-2H3,(H,20,21). The van der Waals surface area contributed by atoms with Crippen LogP contribution in [0.2, 0.25) is 0 Å². The molecule has 5 nitrogen and oxygen atoms in total. The number of aliphatic carboxylic acids is 1.